The summed E-state index contributed by atoms with van der Waals surface area (Å²) in [6.07, 6.45) is 0. The summed E-state index contributed by atoms with van der Waals surface area (Å²) in [6, 6.07) is 9.33. The Bertz CT molecular complexity index is 845. The van der Waals surface area contributed by atoms with Crippen molar-refractivity contribution in [2.24, 2.45) is 0 Å². The van der Waals surface area contributed by atoms with Crippen molar-refractivity contribution in [2.75, 3.05) is 0 Å². The molecule has 0 N–H and O–H groups in total. The van der Waals surface area contributed by atoms with Crippen LogP contribution in [0.15, 0.2) is 41.3 Å². The van der Waals surface area contributed by atoms with Crippen LogP contribution in [0.3, 0.4) is 0 Å². The molecule has 0 aromatic heterocycles. The molecular formula is C14H8Cl2FNO2S. The van der Waals surface area contributed by atoms with Gasteiger partial charge >= 0.3 is 0 Å². The fraction of sp³-hybridized carbons (Fsp3) is 0.0714. The monoisotopic (exact) mass is 343 g/mol. The second kappa shape index (κ2) is 6.02. The van der Waals surface area contributed by atoms with Crippen molar-refractivity contribution in [3.05, 3.63) is 63.4 Å². The Kier molecular flexibility index (Phi) is 4.52. The topological polar surface area (TPSA) is 57.9 Å². The molecule has 21 heavy (non-hydrogen) atoms. The van der Waals surface area contributed by atoms with Gasteiger partial charge in [0.15, 0.2) is 9.84 Å². The molecular weight excluding hydrogens is 336 g/mol. The van der Waals surface area contributed by atoms with Crippen molar-refractivity contribution in [3.63, 3.8) is 0 Å². The maximum Gasteiger partial charge on any atom is 0.182 e. The lowest BCUT2D eigenvalue weighted by atomic mass is 10.1. The van der Waals surface area contributed by atoms with Gasteiger partial charge in [-0.05, 0) is 30.3 Å². The molecule has 0 aliphatic heterocycles. The molecule has 2 aromatic rings. The second-order valence-corrected chi connectivity index (χ2v) is 7.06. The number of halogens is 3. The third-order valence-corrected chi connectivity index (χ3v) is 5.18. The van der Waals surface area contributed by atoms with Gasteiger partial charge in [0.05, 0.1) is 32.3 Å². The van der Waals surface area contributed by atoms with Gasteiger partial charge in [-0.25, -0.2) is 12.8 Å². The van der Waals surface area contributed by atoms with Gasteiger partial charge in [0, 0.05) is 5.56 Å². The number of hydrogen-bond donors (Lipinski definition) is 0. The molecule has 7 heteroatoms. The molecule has 0 atom stereocenters. The fourth-order valence-corrected chi connectivity index (χ4v) is 3.44. The molecule has 108 valence electrons. The molecule has 2 aromatic carbocycles. The molecule has 2 rings (SSSR count). The van der Waals surface area contributed by atoms with Gasteiger partial charge in [-0.1, -0.05) is 29.3 Å². The Hall–Kier alpha value is -1.61. The summed E-state index contributed by atoms with van der Waals surface area (Å²) < 4.78 is 38.2. The molecule has 0 fully saturated rings. The number of sulfone groups is 1. The quantitative estimate of drug-likeness (QED) is 0.846. The predicted molar refractivity (Wildman–Crippen MR) is 78.5 cm³/mol. The molecule has 0 saturated heterocycles. The molecule has 0 saturated carbocycles. The van der Waals surface area contributed by atoms with Crippen LogP contribution in [0.25, 0.3) is 0 Å². The Labute approximate surface area is 131 Å². The molecule has 0 amide bonds. The van der Waals surface area contributed by atoms with Crippen molar-refractivity contribution in [1.82, 2.24) is 0 Å². The van der Waals surface area contributed by atoms with Crippen LogP contribution in [0.2, 0.25) is 10.0 Å². The highest BCUT2D eigenvalue weighted by molar-refractivity contribution is 7.90. The maximum atomic E-state index is 13.8. The second-order valence-electron chi connectivity index (χ2n) is 4.25. The largest absolute Gasteiger partial charge is 0.223 e. The lowest BCUT2D eigenvalue weighted by Gasteiger charge is -2.07. The number of nitrogens with zero attached hydrogens (tertiary/aromatic N) is 1. The average molecular weight is 344 g/mol. The standard InChI is InChI=1S/C14H8Cl2FNO2S/c15-12-4-3-11(6-13(12)16)21(19,20)8-10-2-1-9(7-18)5-14(10)17/h1-6H,8H2. The van der Waals surface area contributed by atoms with Crippen molar-refractivity contribution in [3.8, 4) is 6.07 Å². The summed E-state index contributed by atoms with van der Waals surface area (Å²) in [4.78, 5) is -0.0411. The smallest absolute Gasteiger partial charge is 0.182 e. The SMILES string of the molecule is N#Cc1ccc(CS(=O)(=O)c2ccc(Cl)c(Cl)c2)c(F)c1. The van der Waals surface area contributed by atoms with Gasteiger partial charge in [0.25, 0.3) is 0 Å². The molecule has 0 aliphatic rings. The van der Waals surface area contributed by atoms with Crippen molar-refractivity contribution in [1.29, 1.82) is 5.26 Å². The highest BCUT2D eigenvalue weighted by Gasteiger charge is 2.19. The van der Waals surface area contributed by atoms with E-state index in [9.17, 15) is 12.8 Å². The molecule has 3 nitrogen and oxygen atoms in total. The van der Waals surface area contributed by atoms with Crippen LogP contribution in [0.1, 0.15) is 11.1 Å². The zero-order valence-corrected chi connectivity index (χ0v) is 12.8. The van der Waals surface area contributed by atoms with Crippen LogP contribution in [0.4, 0.5) is 4.39 Å². The lowest BCUT2D eigenvalue weighted by molar-refractivity contribution is 0.587. The molecule has 0 spiro atoms. The first-order valence-electron chi connectivity index (χ1n) is 5.70. The van der Waals surface area contributed by atoms with E-state index in [1.165, 1.54) is 30.3 Å². The first kappa shape index (κ1) is 15.8. The summed E-state index contributed by atoms with van der Waals surface area (Å²) >= 11 is 11.5. The normalized spacial score (nSPS) is 11.1. The van der Waals surface area contributed by atoms with Crippen LogP contribution in [0.5, 0.6) is 0 Å². The van der Waals surface area contributed by atoms with Crippen LogP contribution in [-0.2, 0) is 15.6 Å². The van der Waals surface area contributed by atoms with Crippen molar-refractivity contribution in [2.45, 2.75) is 10.6 Å². The van der Waals surface area contributed by atoms with Crippen LogP contribution in [-0.4, -0.2) is 8.42 Å². The van der Waals surface area contributed by atoms with Crippen LogP contribution in [0, 0.1) is 17.1 Å². The van der Waals surface area contributed by atoms with Gasteiger partial charge in [-0.2, -0.15) is 5.26 Å². The minimum absolute atomic E-state index is 0.0138. The van der Waals surface area contributed by atoms with E-state index in [-0.39, 0.29) is 26.1 Å². The van der Waals surface area contributed by atoms with E-state index in [1.807, 2.05) is 0 Å². The third kappa shape index (κ3) is 3.53. The average Bonchev–Trinajstić information content (AvgIpc) is 2.43. The highest BCUT2D eigenvalue weighted by atomic mass is 35.5. The fourth-order valence-electron chi connectivity index (χ4n) is 1.69. The number of hydrogen-bond acceptors (Lipinski definition) is 3. The van der Waals surface area contributed by atoms with E-state index in [2.05, 4.69) is 0 Å². The Balaban J connectivity index is 2.37. The van der Waals surface area contributed by atoms with Crippen molar-refractivity contribution < 1.29 is 12.8 Å². The van der Waals surface area contributed by atoms with Gasteiger partial charge in [0.2, 0.25) is 0 Å². The summed E-state index contributed by atoms with van der Waals surface area (Å²) in [6.45, 7) is 0. The first-order valence-corrected chi connectivity index (χ1v) is 8.10. The van der Waals surface area contributed by atoms with Gasteiger partial charge in [0.1, 0.15) is 5.82 Å². The Morgan fingerprint density at radius 1 is 1.10 bits per heavy atom. The molecule has 0 unspecified atom stereocenters. The van der Waals surface area contributed by atoms with Crippen LogP contribution >= 0.6 is 23.2 Å². The van der Waals surface area contributed by atoms with E-state index in [4.69, 9.17) is 28.5 Å². The molecule has 0 aliphatic carbocycles. The minimum atomic E-state index is -3.76. The zero-order valence-electron chi connectivity index (χ0n) is 10.5. The Morgan fingerprint density at radius 3 is 2.38 bits per heavy atom. The van der Waals surface area contributed by atoms with Crippen molar-refractivity contribution >= 4 is 33.0 Å². The lowest BCUT2D eigenvalue weighted by Crippen LogP contribution is -2.06. The molecule has 0 radical (unpaired) electrons. The van der Waals surface area contributed by atoms with E-state index >= 15 is 0 Å². The van der Waals surface area contributed by atoms with E-state index in [0.717, 1.165) is 6.07 Å². The first-order chi connectivity index (χ1) is 9.83. The van der Waals surface area contributed by atoms with Gasteiger partial charge in [-0.3, -0.25) is 0 Å². The van der Waals surface area contributed by atoms with Gasteiger partial charge in [-0.15, -0.1) is 0 Å². The third-order valence-electron chi connectivity index (χ3n) is 2.78. The number of nitriles is 1. The summed E-state index contributed by atoms with van der Waals surface area (Å²) in [5.41, 5.74) is 0.114. The molecule has 0 bridgehead atoms. The van der Waals surface area contributed by atoms with Gasteiger partial charge < -0.3 is 0 Å². The summed E-state index contributed by atoms with van der Waals surface area (Å²) in [5, 5.41) is 9.00. The minimum Gasteiger partial charge on any atom is -0.223 e. The number of rotatable bonds is 3. The van der Waals surface area contributed by atoms with Crippen LogP contribution < -0.4 is 0 Å². The van der Waals surface area contributed by atoms with E-state index in [0.29, 0.717) is 0 Å². The summed E-state index contributed by atoms with van der Waals surface area (Å²) in [5.74, 6) is -1.26. The zero-order chi connectivity index (χ0) is 15.6. The number of benzene rings is 2. The molecule has 0 heterocycles. The maximum absolute atomic E-state index is 13.8. The van der Waals surface area contributed by atoms with E-state index < -0.39 is 21.4 Å². The highest BCUT2D eigenvalue weighted by Crippen LogP contribution is 2.27. The predicted octanol–water partition coefficient (Wildman–Crippen LogP) is 3.98. The summed E-state index contributed by atoms with van der Waals surface area (Å²) in [7, 11) is -3.76. The Morgan fingerprint density at radius 2 is 1.81 bits per heavy atom. The van der Waals surface area contributed by atoms with E-state index in [1.54, 1.807) is 6.07 Å².